The van der Waals surface area contributed by atoms with E-state index in [0.29, 0.717) is 0 Å². The molecule has 0 aliphatic rings. The summed E-state index contributed by atoms with van der Waals surface area (Å²) in [5.41, 5.74) is 2.39. The van der Waals surface area contributed by atoms with Crippen LogP contribution in [0.25, 0.3) is 0 Å². The minimum atomic E-state index is 0.832. The molecule has 75 valence electrons. The molecule has 0 heterocycles. The number of aryl methyl sites for hydroxylation is 2. The molecule has 0 bridgehead atoms. The molecule has 0 aromatic heterocycles. The van der Waals surface area contributed by atoms with Gasteiger partial charge in [0.05, 0.1) is 0 Å². The van der Waals surface area contributed by atoms with E-state index >= 15 is 0 Å². The van der Waals surface area contributed by atoms with Gasteiger partial charge in [0.25, 0.3) is 0 Å². The molecule has 0 saturated carbocycles. The van der Waals surface area contributed by atoms with E-state index in [0.717, 1.165) is 17.1 Å². The summed E-state index contributed by atoms with van der Waals surface area (Å²) in [7, 11) is 0. The Balaban J connectivity index is 2.18. The summed E-state index contributed by atoms with van der Waals surface area (Å²) in [6.07, 6.45) is 0. The normalized spacial score (nSPS) is 10.0. The van der Waals surface area contributed by atoms with E-state index in [1.54, 1.807) is 0 Å². The predicted molar refractivity (Wildman–Crippen MR) is 61.3 cm³/mol. The zero-order valence-electron chi connectivity index (χ0n) is 8.95. The Morgan fingerprint density at radius 3 is 2.27 bits per heavy atom. The smallest absolute Gasteiger partial charge is 0.128 e. The highest BCUT2D eigenvalue weighted by Crippen LogP contribution is 2.21. The fourth-order valence-corrected chi connectivity index (χ4v) is 1.36. The number of ether oxygens (including phenoxy) is 1. The molecule has 0 aliphatic heterocycles. The molecule has 0 aliphatic carbocycles. The summed E-state index contributed by atoms with van der Waals surface area (Å²) >= 11 is 0. The number of benzene rings is 2. The highest BCUT2D eigenvalue weighted by atomic mass is 16.5. The first-order valence-electron chi connectivity index (χ1n) is 4.96. The van der Waals surface area contributed by atoms with Crippen LogP contribution in [0.2, 0.25) is 0 Å². The van der Waals surface area contributed by atoms with E-state index in [4.69, 9.17) is 4.74 Å². The van der Waals surface area contributed by atoms with Crippen molar-refractivity contribution in [2.24, 2.45) is 0 Å². The number of rotatable bonds is 2. The third-order valence-electron chi connectivity index (χ3n) is 2.16. The zero-order chi connectivity index (χ0) is 10.7. The molecule has 15 heavy (non-hydrogen) atoms. The molecule has 0 saturated heterocycles. The maximum absolute atomic E-state index is 5.68. The minimum absolute atomic E-state index is 0.832. The van der Waals surface area contributed by atoms with Crippen molar-refractivity contribution in [3.8, 4) is 11.5 Å². The lowest BCUT2D eigenvalue weighted by Crippen LogP contribution is -1.84. The third kappa shape index (κ3) is 2.59. The summed E-state index contributed by atoms with van der Waals surface area (Å²) in [6.45, 7) is 4.09. The Labute approximate surface area is 90.3 Å². The Hall–Kier alpha value is -1.76. The van der Waals surface area contributed by atoms with Gasteiger partial charge in [-0.25, -0.2) is 0 Å². The van der Waals surface area contributed by atoms with Crippen LogP contribution in [0.5, 0.6) is 11.5 Å². The fraction of sp³-hybridized carbons (Fsp3) is 0.143. The van der Waals surface area contributed by atoms with Crippen molar-refractivity contribution in [1.82, 2.24) is 0 Å². The molecule has 2 rings (SSSR count). The lowest BCUT2D eigenvalue weighted by atomic mass is 10.2. The second-order valence-electron chi connectivity index (χ2n) is 3.66. The van der Waals surface area contributed by atoms with Crippen molar-refractivity contribution >= 4 is 0 Å². The van der Waals surface area contributed by atoms with Crippen LogP contribution in [-0.2, 0) is 0 Å². The molecule has 0 N–H and O–H groups in total. The van der Waals surface area contributed by atoms with E-state index in [1.165, 1.54) is 5.56 Å². The first-order chi connectivity index (χ1) is 7.24. The van der Waals surface area contributed by atoms with Gasteiger partial charge in [-0.3, -0.25) is 0 Å². The van der Waals surface area contributed by atoms with E-state index in [1.807, 2.05) is 49.4 Å². The van der Waals surface area contributed by atoms with Gasteiger partial charge in [-0.05, 0) is 49.7 Å². The molecule has 2 aromatic rings. The second-order valence-corrected chi connectivity index (χ2v) is 3.66. The van der Waals surface area contributed by atoms with Crippen LogP contribution in [0.1, 0.15) is 11.1 Å². The lowest BCUT2D eigenvalue weighted by molar-refractivity contribution is 0.482. The molecule has 0 unspecified atom stereocenters. The molecular formula is C14H13O. The van der Waals surface area contributed by atoms with Gasteiger partial charge in [-0.2, -0.15) is 0 Å². The molecule has 1 heteroatoms. The van der Waals surface area contributed by atoms with Gasteiger partial charge in [-0.15, -0.1) is 0 Å². The van der Waals surface area contributed by atoms with E-state index in [-0.39, 0.29) is 0 Å². The number of hydrogen-bond acceptors (Lipinski definition) is 1. The van der Waals surface area contributed by atoms with Gasteiger partial charge >= 0.3 is 0 Å². The van der Waals surface area contributed by atoms with Gasteiger partial charge in [0.1, 0.15) is 11.5 Å². The third-order valence-corrected chi connectivity index (χ3v) is 2.16. The summed E-state index contributed by atoms with van der Waals surface area (Å²) in [5, 5.41) is 0. The first kappa shape index (κ1) is 9.78. The Morgan fingerprint density at radius 2 is 1.60 bits per heavy atom. The van der Waals surface area contributed by atoms with E-state index < -0.39 is 0 Å². The average molecular weight is 197 g/mol. The topological polar surface area (TPSA) is 9.23 Å². The summed E-state index contributed by atoms with van der Waals surface area (Å²) in [6, 6.07) is 16.8. The molecule has 0 amide bonds. The second kappa shape index (κ2) is 4.18. The van der Waals surface area contributed by atoms with Gasteiger partial charge < -0.3 is 4.74 Å². The Bertz CT molecular complexity index is 443. The standard InChI is InChI=1S/C14H13O/c1-11-6-8-13(9-7-11)15-14-5-3-4-12(2)10-14/h4-10H,1-2H3. The van der Waals surface area contributed by atoms with Crippen LogP contribution < -0.4 is 4.74 Å². The predicted octanol–water partition coefficient (Wildman–Crippen LogP) is 3.90. The Kier molecular flexibility index (Phi) is 2.72. The highest BCUT2D eigenvalue weighted by Gasteiger charge is 1.96. The SMILES string of the molecule is Cc1ccc(Oc2c[c]cc(C)c2)cc1. The maximum Gasteiger partial charge on any atom is 0.128 e. The fourth-order valence-electron chi connectivity index (χ4n) is 1.36. The monoisotopic (exact) mass is 197 g/mol. The first-order valence-corrected chi connectivity index (χ1v) is 4.96. The Morgan fingerprint density at radius 1 is 0.867 bits per heavy atom. The van der Waals surface area contributed by atoms with Crippen molar-refractivity contribution in [3.63, 3.8) is 0 Å². The van der Waals surface area contributed by atoms with Crippen molar-refractivity contribution in [1.29, 1.82) is 0 Å². The molecule has 0 fully saturated rings. The van der Waals surface area contributed by atoms with Crippen LogP contribution in [0, 0.1) is 19.9 Å². The summed E-state index contributed by atoms with van der Waals surface area (Å²) < 4.78 is 5.68. The minimum Gasteiger partial charge on any atom is -0.457 e. The van der Waals surface area contributed by atoms with Crippen molar-refractivity contribution < 1.29 is 4.74 Å². The summed E-state index contributed by atoms with van der Waals surface area (Å²) in [5.74, 6) is 1.69. The molecule has 0 atom stereocenters. The lowest BCUT2D eigenvalue weighted by Gasteiger charge is -2.06. The molecule has 0 spiro atoms. The van der Waals surface area contributed by atoms with Crippen LogP contribution >= 0.6 is 0 Å². The largest absolute Gasteiger partial charge is 0.457 e. The summed E-state index contributed by atoms with van der Waals surface area (Å²) in [4.78, 5) is 0. The molecule has 2 aromatic carbocycles. The quantitative estimate of drug-likeness (QED) is 0.709. The van der Waals surface area contributed by atoms with Crippen LogP contribution in [0.4, 0.5) is 0 Å². The van der Waals surface area contributed by atoms with Gasteiger partial charge in [0.15, 0.2) is 0 Å². The number of hydrogen-bond donors (Lipinski definition) is 0. The van der Waals surface area contributed by atoms with E-state index in [9.17, 15) is 0 Å². The van der Waals surface area contributed by atoms with Gasteiger partial charge in [-0.1, -0.05) is 23.8 Å². The van der Waals surface area contributed by atoms with Crippen LogP contribution in [-0.4, -0.2) is 0 Å². The van der Waals surface area contributed by atoms with Crippen molar-refractivity contribution in [3.05, 3.63) is 59.7 Å². The van der Waals surface area contributed by atoms with Crippen LogP contribution in [0.15, 0.2) is 42.5 Å². The molecule has 1 radical (unpaired) electrons. The van der Waals surface area contributed by atoms with Crippen LogP contribution in [0.3, 0.4) is 0 Å². The molecule has 1 nitrogen and oxygen atoms in total. The zero-order valence-corrected chi connectivity index (χ0v) is 8.95. The average Bonchev–Trinajstić information content (AvgIpc) is 2.22. The van der Waals surface area contributed by atoms with Gasteiger partial charge in [0, 0.05) is 0 Å². The highest BCUT2D eigenvalue weighted by molar-refractivity contribution is 5.34. The van der Waals surface area contributed by atoms with Crippen molar-refractivity contribution in [2.75, 3.05) is 0 Å². The molecular weight excluding hydrogens is 184 g/mol. The van der Waals surface area contributed by atoms with Gasteiger partial charge in [0.2, 0.25) is 0 Å². The van der Waals surface area contributed by atoms with Crippen molar-refractivity contribution in [2.45, 2.75) is 13.8 Å². The maximum atomic E-state index is 5.68. The van der Waals surface area contributed by atoms with E-state index in [2.05, 4.69) is 13.0 Å².